The molecular weight excluding hydrogens is 408 g/mol. The van der Waals surface area contributed by atoms with Gasteiger partial charge in [0.2, 0.25) is 5.88 Å². The van der Waals surface area contributed by atoms with Gasteiger partial charge in [-0.1, -0.05) is 12.1 Å². The highest BCUT2D eigenvalue weighted by Crippen LogP contribution is 2.45. The number of likely N-dealkylation sites (N-methyl/N-ethyl adjacent to an activating group) is 1. The number of piperazine rings is 1. The Morgan fingerprint density at radius 3 is 2.53 bits per heavy atom. The van der Waals surface area contributed by atoms with Crippen molar-refractivity contribution in [2.75, 3.05) is 47.4 Å². The fourth-order valence-corrected chi connectivity index (χ4v) is 3.95. The first kappa shape index (κ1) is 21.5. The minimum Gasteiger partial charge on any atom is -0.508 e. The Hall–Kier alpha value is -3.70. The molecular formula is C24H26N4O4. The van der Waals surface area contributed by atoms with E-state index in [1.807, 2.05) is 18.2 Å². The van der Waals surface area contributed by atoms with E-state index in [0.717, 1.165) is 37.3 Å². The van der Waals surface area contributed by atoms with Crippen LogP contribution in [0.4, 0.5) is 0 Å². The summed E-state index contributed by atoms with van der Waals surface area (Å²) in [5.74, 6) is 1.52. The number of aromatic hydroxyl groups is 1. The van der Waals surface area contributed by atoms with Crippen LogP contribution in [0.3, 0.4) is 0 Å². The summed E-state index contributed by atoms with van der Waals surface area (Å²) in [6.07, 6.45) is 1.74. The van der Waals surface area contributed by atoms with Crippen molar-refractivity contribution in [3.8, 4) is 29.1 Å². The summed E-state index contributed by atoms with van der Waals surface area (Å²) in [5, 5.41) is 20.1. The standard InChI is InChI=1S/C24H26N4O4/c1-27-8-10-28(11-9-27)15-26-24-19(14-25)23(18-6-5-17(29)13-21(18)32-24)16-4-7-20(30-2)22(12-16)31-3/h4-7,12-13,15,23,29H,8-11H2,1-3H3. The second-order valence-electron chi connectivity index (χ2n) is 7.79. The van der Waals surface area contributed by atoms with Crippen LogP contribution >= 0.6 is 0 Å². The number of fused-ring (bicyclic) bond motifs is 1. The van der Waals surface area contributed by atoms with Crippen LogP contribution < -0.4 is 14.2 Å². The molecule has 8 nitrogen and oxygen atoms in total. The highest BCUT2D eigenvalue weighted by molar-refractivity contribution is 5.62. The van der Waals surface area contributed by atoms with Crippen LogP contribution in [-0.2, 0) is 0 Å². The molecule has 0 amide bonds. The van der Waals surface area contributed by atoms with Crippen molar-refractivity contribution in [2.24, 2.45) is 4.99 Å². The third kappa shape index (κ3) is 4.20. The Labute approximate surface area is 187 Å². The van der Waals surface area contributed by atoms with E-state index in [9.17, 15) is 10.4 Å². The van der Waals surface area contributed by atoms with Crippen LogP contribution in [0.15, 0.2) is 52.8 Å². The quantitative estimate of drug-likeness (QED) is 0.572. The average Bonchev–Trinajstić information content (AvgIpc) is 2.82. The zero-order valence-electron chi connectivity index (χ0n) is 18.4. The van der Waals surface area contributed by atoms with Crippen LogP contribution in [0, 0.1) is 11.3 Å². The number of hydrogen-bond donors (Lipinski definition) is 1. The van der Waals surface area contributed by atoms with Crippen molar-refractivity contribution in [3.63, 3.8) is 0 Å². The molecule has 2 aliphatic heterocycles. The lowest BCUT2D eigenvalue weighted by Gasteiger charge is -2.31. The van der Waals surface area contributed by atoms with Crippen LogP contribution in [-0.4, -0.2) is 68.7 Å². The molecule has 2 aromatic rings. The number of methoxy groups -OCH3 is 2. The number of rotatable bonds is 5. The highest BCUT2D eigenvalue weighted by atomic mass is 16.5. The number of nitrogens with zero attached hydrogens (tertiary/aromatic N) is 4. The third-order valence-electron chi connectivity index (χ3n) is 5.77. The van der Waals surface area contributed by atoms with E-state index in [-0.39, 0.29) is 11.6 Å². The van der Waals surface area contributed by atoms with Gasteiger partial charge in [0.1, 0.15) is 23.1 Å². The van der Waals surface area contributed by atoms with E-state index in [1.54, 1.807) is 38.8 Å². The van der Waals surface area contributed by atoms with Crippen molar-refractivity contribution in [1.29, 1.82) is 5.26 Å². The van der Waals surface area contributed by atoms with Gasteiger partial charge in [0.25, 0.3) is 0 Å². The molecule has 0 spiro atoms. The summed E-state index contributed by atoms with van der Waals surface area (Å²) < 4.78 is 16.8. The Balaban J connectivity index is 1.78. The van der Waals surface area contributed by atoms with Crippen molar-refractivity contribution < 1.29 is 19.3 Å². The molecule has 1 atom stereocenters. The van der Waals surface area contributed by atoms with E-state index < -0.39 is 5.92 Å². The molecule has 2 aromatic carbocycles. The molecule has 0 aliphatic carbocycles. The maximum Gasteiger partial charge on any atom is 0.235 e. The van der Waals surface area contributed by atoms with Gasteiger partial charge in [-0.05, 0) is 30.8 Å². The summed E-state index contributed by atoms with van der Waals surface area (Å²) in [6, 6.07) is 12.8. The molecule has 0 radical (unpaired) electrons. The monoisotopic (exact) mass is 434 g/mol. The number of phenols is 1. The van der Waals surface area contributed by atoms with E-state index in [2.05, 4.69) is 27.9 Å². The summed E-state index contributed by atoms with van der Waals surface area (Å²) >= 11 is 0. The molecule has 2 heterocycles. The predicted octanol–water partition coefficient (Wildman–Crippen LogP) is 2.94. The molecule has 166 valence electrons. The molecule has 32 heavy (non-hydrogen) atoms. The number of aliphatic imine (C=N–C) groups is 1. The Morgan fingerprint density at radius 2 is 1.84 bits per heavy atom. The first-order valence-electron chi connectivity index (χ1n) is 10.4. The fraction of sp³-hybridized carbons (Fsp3) is 0.333. The third-order valence-corrected chi connectivity index (χ3v) is 5.77. The van der Waals surface area contributed by atoms with E-state index in [1.165, 1.54) is 0 Å². The molecule has 0 aromatic heterocycles. The van der Waals surface area contributed by atoms with Crippen LogP contribution in [0.2, 0.25) is 0 Å². The fourth-order valence-electron chi connectivity index (χ4n) is 3.95. The van der Waals surface area contributed by atoms with Gasteiger partial charge in [0, 0.05) is 37.8 Å². The summed E-state index contributed by atoms with van der Waals surface area (Å²) in [4.78, 5) is 8.91. The maximum absolute atomic E-state index is 10.1. The maximum atomic E-state index is 10.1. The number of allylic oxidation sites excluding steroid dienone is 1. The minimum atomic E-state index is -0.427. The normalized spacial score (nSPS) is 18.8. The molecule has 1 N–H and O–H groups in total. The largest absolute Gasteiger partial charge is 0.508 e. The van der Waals surface area contributed by atoms with Gasteiger partial charge in [-0.25, -0.2) is 4.99 Å². The molecule has 2 aliphatic rings. The Morgan fingerprint density at radius 1 is 1.09 bits per heavy atom. The highest BCUT2D eigenvalue weighted by Gasteiger charge is 2.32. The zero-order valence-corrected chi connectivity index (χ0v) is 18.4. The molecule has 8 heteroatoms. The number of nitriles is 1. The van der Waals surface area contributed by atoms with Gasteiger partial charge < -0.3 is 29.1 Å². The van der Waals surface area contributed by atoms with E-state index in [0.29, 0.717) is 22.8 Å². The second kappa shape index (κ2) is 9.20. The minimum absolute atomic E-state index is 0.0811. The smallest absolute Gasteiger partial charge is 0.235 e. The molecule has 1 unspecified atom stereocenters. The van der Waals surface area contributed by atoms with Crippen LogP contribution in [0.5, 0.6) is 23.0 Å². The van der Waals surface area contributed by atoms with E-state index >= 15 is 0 Å². The van der Waals surface area contributed by atoms with Crippen molar-refractivity contribution in [2.45, 2.75) is 5.92 Å². The van der Waals surface area contributed by atoms with Gasteiger partial charge in [-0.15, -0.1) is 0 Å². The summed E-state index contributed by atoms with van der Waals surface area (Å²) in [7, 11) is 5.24. The lowest BCUT2D eigenvalue weighted by molar-refractivity contribution is 0.219. The second-order valence-corrected chi connectivity index (χ2v) is 7.79. The van der Waals surface area contributed by atoms with Crippen LogP contribution in [0.25, 0.3) is 0 Å². The van der Waals surface area contributed by atoms with Crippen molar-refractivity contribution in [1.82, 2.24) is 9.80 Å². The number of phenolic OH excluding ortho intramolecular Hbond substituents is 1. The van der Waals surface area contributed by atoms with Gasteiger partial charge in [-0.3, -0.25) is 0 Å². The molecule has 1 saturated heterocycles. The van der Waals surface area contributed by atoms with Gasteiger partial charge in [0.15, 0.2) is 11.5 Å². The lowest BCUT2D eigenvalue weighted by atomic mass is 9.83. The SMILES string of the molecule is COc1ccc(C2C(C#N)=C(N=CN3CCN(C)CC3)Oc3cc(O)ccc32)cc1OC. The summed E-state index contributed by atoms with van der Waals surface area (Å²) in [6.45, 7) is 3.60. The summed E-state index contributed by atoms with van der Waals surface area (Å²) in [5.41, 5.74) is 1.99. The Kier molecular flexibility index (Phi) is 6.19. The molecule has 0 bridgehead atoms. The first-order valence-corrected chi connectivity index (χ1v) is 10.4. The van der Waals surface area contributed by atoms with Crippen molar-refractivity contribution in [3.05, 3.63) is 59.0 Å². The topological polar surface area (TPSA) is 90.6 Å². The molecule has 4 rings (SSSR count). The lowest BCUT2D eigenvalue weighted by Crippen LogP contribution is -2.43. The number of hydrogen-bond acceptors (Lipinski definition) is 7. The Bertz CT molecular complexity index is 1100. The molecule has 1 fully saturated rings. The van der Waals surface area contributed by atoms with Gasteiger partial charge >= 0.3 is 0 Å². The van der Waals surface area contributed by atoms with Gasteiger partial charge in [-0.2, -0.15) is 5.26 Å². The zero-order chi connectivity index (χ0) is 22.7. The predicted molar refractivity (Wildman–Crippen MR) is 120 cm³/mol. The van der Waals surface area contributed by atoms with Gasteiger partial charge in [0.05, 0.1) is 26.5 Å². The van der Waals surface area contributed by atoms with Crippen molar-refractivity contribution >= 4 is 6.34 Å². The first-order chi connectivity index (χ1) is 15.5. The average molecular weight is 434 g/mol. The van der Waals surface area contributed by atoms with E-state index in [4.69, 9.17) is 14.2 Å². The molecule has 0 saturated carbocycles. The van der Waals surface area contributed by atoms with Crippen LogP contribution in [0.1, 0.15) is 17.0 Å². The number of ether oxygens (including phenoxy) is 3. The number of benzene rings is 2.